The Kier molecular flexibility index (Phi) is 3.82. The van der Waals surface area contributed by atoms with Crippen LogP contribution in [0.3, 0.4) is 0 Å². The van der Waals surface area contributed by atoms with Gasteiger partial charge in [0.1, 0.15) is 11.6 Å². The molecule has 0 N–H and O–H groups in total. The molecular formula is C24H28N2O. The molecule has 2 aliphatic carbocycles. The molecule has 0 aliphatic heterocycles. The van der Waals surface area contributed by atoms with E-state index in [1.54, 1.807) is 7.11 Å². The minimum atomic E-state index is 0.573. The smallest absolute Gasteiger partial charge is 0.119 e. The molecule has 0 saturated heterocycles. The van der Waals surface area contributed by atoms with Crippen LogP contribution in [0, 0.1) is 18.3 Å². The van der Waals surface area contributed by atoms with E-state index in [-0.39, 0.29) is 0 Å². The summed E-state index contributed by atoms with van der Waals surface area (Å²) < 4.78 is 7.92. The van der Waals surface area contributed by atoms with Gasteiger partial charge < -0.3 is 9.30 Å². The van der Waals surface area contributed by atoms with Crippen LogP contribution in [0.15, 0.2) is 36.4 Å². The van der Waals surface area contributed by atoms with Crippen LogP contribution in [0.5, 0.6) is 5.75 Å². The highest BCUT2D eigenvalue weighted by Crippen LogP contribution is 2.62. The summed E-state index contributed by atoms with van der Waals surface area (Å²) in [7, 11) is 1.72. The molecule has 0 spiro atoms. The zero-order valence-corrected chi connectivity index (χ0v) is 16.6. The fourth-order valence-electron chi connectivity index (χ4n) is 4.79. The maximum Gasteiger partial charge on any atom is 0.119 e. The molecule has 2 aliphatic rings. The summed E-state index contributed by atoms with van der Waals surface area (Å²) in [5.41, 5.74) is 6.73. The van der Waals surface area contributed by atoms with Crippen molar-refractivity contribution in [1.29, 1.82) is 0 Å². The molecule has 3 heteroatoms. The standard InChI is InChI=1S/C24H28N2O/c1-4-22-25-23-20(19-11-10-18(27-3)14-16(19)2)6-5-7-21(23)26(22)15-24(12-13-24)17-8-9-17/h5-7,10-11,14,17H,4,8-9,12-13,15H2,1-3H3. The quantitative estimate of drug-likeness (QED) is 0.558. The van der Waals surface area contributed by atoms with E-state index in [4.69, 9.17) is 9.72 Å². The van der Waals surface area contributed by atoms with E-state index < -0.39 is 0 Å². The number of hydrogen-bond donors (Lipinski definition) is 0. The van der Waals surface area contributed by atoms with Gasteiger partial charge in [0.15, 0.2) is 0 Å². The number of methoxy groups -OCH3 is 1. The number of aromatic nitrogens is 2. The molecule has 2 fully saturated rings. The van der Waals surface area contributed by atoms with Crippen molar-refractivity contribution in [2.75, 3.05) is 7.11 Å². The molecule has 1 heterocycles. The number of hydrogen-bond acceptors (Lipinski definition) is 2. The van der Waals surface area contributed by atoms with Crippen LogP contribution in [-0.4, -0.2) is 16.7 Å². The maximum absolute atomic E-state index is 5.38. The molecule has 0 radical (unpaired) electrons. The summed E-state index contributed by atoms with van der Waals surface area (Å²) in [6.45, 7) is 5.54. The molecule has 3 aromatic rings. The monoisotopic (exact) mass is 360 g/mol. The first-order chi connectivity index (χ1) is 13.1. The Labute approximate surface area is 161 Å². The summed E-state index contributed by atoms with van der Waals surface area (Å²) >= 11 is 0. The molecule has 1 aromatic heterocycles. The van der Waals surface area contributed by atoms with E-state index in [0.717, 1.165) is 30.1 Å². The Morgan fingerprint density at radius 2 is 1.96 bits per heavy atom. The molecule has 2 saturated carbocycles. The maximum atomic E-state index is 5.38. The van der Waals surface area contributed by atoms with E-state index in [0.29, 0.717) is 5.41 Å². The first-order valence-electron chi connectivity index (χ1n) is 10.3. The molecular weight excluding hydrogens is 332 g/mol. The predicted octanol–water partition coefficient (Wildman–Crippen LogP) is 5.77. The summed E-state index contributed by atoms with van der Waals surface area (Å²) in [5, 5.41) is 0. The fourth-order valence-corrected chi connectivity index (χ4v) is 4.79. The molecule has 0 atom stereocenters. The van der Waals surface area contributed by atoms with Crippen LogP contribution in [0.1, 0.15) is 44.0 Å². The highest BCUT2D eigenvalue weighted by molar-refractivity contribution is 5.93. The van der Waals surface area contributed by atoms with E-state index in [2.05, 4.69) is 48.7 Å². The van der Waals surface area contributed by atoms with Gasteiger partial charge in [0, 0.05) is 18.5 Å². The molecule has 27 heavy (non-hydrogen) atoms. The normalized spacial score (nSPS) is 18.0. The number of rotatable bonds is 6. The van der Waals surface area contributed by atoms with E-state index in [1.165, 1.54) is 53.7 Å². The number of ether oxygens (including phenoxy) is 1. The van der Waals surface area contributed by atoms with E-state index in [9.17, 15) is 0 Å². The highest BCUT2D eigenvalue weighted by Gasteiger charge is 2.54. The second-order valence-electron chi connectivity index (χ2n) is 8.46. The predicted molar refractivity (Wildman–Crippen MR) is 110 cm³/mol. The van der Waals surface area contributed by atoms with Crippen molar-refractivity contribution >= 4 is 11.0 Å². The van der Waals surface area contributed by atoms with Gasteiger partial charge in [-0.1, -0.05) is 25.1 Å². The molecule has 5 rings (SSSR count). The topological polar surface area (TPSA) is 27.1 Å². The Hall–Kier alpha value is -2.29. The van der Waals surface area contributed by atoms with Gasteiger partial charge in [0.2, 0.25) is 0 Å². The summed E-state index contributed by atoms with van der Waals surface area (Å²) in [6.07, 6.45) is 6.65. The second kappa shape index (κ2) is 6.12. The second-order valence-corrected chi connectivity index (χ2v) is 8.46. The molecule has 2 aromatic carbocycles. The fraction of sp³-hybridized carbons (Fsp3) is 0.458. The van der Waals surface area contributed by atoms with Gasteiger partial charge in [-0.15, -0.1) is 0 Å². The van der Waals surface area contributed by atoms with Crippen LogP contribution < -0.4 is 4.74 Å². The van der Waals surface area contributed by atoms with Gasteiger partial charge in [-0.3, -0.25) is 0 Å². The van der Waals surface area contributed by atoms with E-state index in [1.807, 2.05) is 6.07 Å². The zero-order chi connectivity index (χ0) is 18.6. The van der Waals surface area contributed by atoms with Crippen LogP contribution in [0.4, 0.5) is 0 Å². The molecule has 0 unspecified atom stereocenters. The van der Waals surface area contributed by atoms with Crippen molar-refractivity contribution in [3.05, 3.63) is 47.8 Å². The Morgan fingerprint density at radius 1 is 1.15 bits per heavy atom. The third-order valence-electron chi connectivity index (χ3n) is 6.71. The average molecular weight is 361 g/mol. The number of aryl methyl sites for hydroxylation is 2. The third kappa shape index (κ3) is 2.75. The number of benzene rings is 2. The van der Waals surface area contributed by atoms with Crippen molar-refractivity contribution in [2.45, 2.75) is 52.5 Å². The number of nitrogens with zero attached hydrogens (tertiary/aromatic N) is 2. The van der Waals surface area contributed by atoms with Crippen LogP contribution in [0.25, 0.3) is 22.2 Å². The first kappa shape index (κ1) is 16.9. The lowest BCUT2D eigenvalue weighted by Gasteiger charge is -2.17. The van der Waals surface area contributed by atoms with Crippen LogP contribution in [0.2, 0.25) is 0 Å². The summed E-state index contributed by atoms with van der Waals surface area (Å²) in [4.78, 5) is 5.11. The van der Waals surface area contributed by atoms with Gasteiger partial charge >= 0.3 is 0 Å². The minimum absolute atomic E-state index is 0.573. The summed E-state index contributed by atoms with van der Waals surface area (Å²) in [5.74, 6) is 3.10. The Morgan fingerprint density at radius 3 is 2.59 bits per heavy atom. The average Bonchev–Trinajstić information content (AvgIpc) is 3.59. The summed E-state index contributed by atoms with van der Waals surface area (Å²) in [6, 6.07) is 13.0. The molecule has 140 valence electrons. The van der Waals surface area contributed by atoms with Gasteiger partial charge in [-0.25, -0.2) is 4.98 Å². The molecule has 0 bridgehead atoms. The van der Waals surface area contributed by atoms with Crippen molar-refractivity contribution in [1.82, 2.24) is 9.55 Å². The number of imidazole rings is 1. The molecule has 0 amide bonds. The van der Waals surface area contributed by atoms with Crippen molar-refractivity contribution < 1.29 is 4.74 Å². The van der Waals surface area contributed by atoms with E-state index >= 15 is 0 Å². The van der Waals surface area contributed by atoms with Gasteiger partial charge in [0.05, 0.1) is 18.1 Å². The minimum Gasteiger partial charge on any atom is -0.497 e. The van der Waals surface area contributed by atoms with Gasteiger partial charge in [0.25, 0.3) is 0 Å². The van der Waals surface area contributed by atoms with Gasteiger partial charge in [-0.05, 0) is 73.3 Å². The lowest BCUT2D eigenvalue weighted by molar-refractivity contribution is 0.369. The van der Waals surface area contributed by atoms with Crippen LogP contribution >= 0.6 is 0 Å². The van der Waals surface area contributed by atoms with Crippen LogP contribution in [-0.2, 0) is 13.0 Å². The lowest BCUT2D eigenvalue weighted by atomic mass is 9.98. The number of para-hydroxylation sites is 1. The largest absolute Gasteiger partial charge is 0.497 e. The highest BCUT2D eigenvalue weighted by atomic mass is 16.5. The lowest BCUT2D eigenvalue weighted by Crippen LogP contribution is -2.15. The Balaban J connectivity index is 1.63. The number of fused-ring (bicyclic) bond motifs is 1. The SMILES string of the molecule is CCc1nc2c(-c3ccc(OC)cc3C)cccc2n1CC1(C2CC2)CC1. The van der Waals surface area contributed by atoms with Crippen molar-refractivity contribution in [3.63, 3.8) is 0 Å². The molecule has 3 nitrogen and oxygen atoms in total. The zero-order valence-electron chi connectivity index (χ0n) is 16.6. The van der Waals surface area contributed by atoms with Gasteiger partial charge in [-0.2, -0.15) is 0 Å². The van der Waals surface area contributed by atoms with Crippen molar-refractivity contribution in [3.8, 4) is 16.9 Å². The Bertz CT molecular complexity index is 1010. The third-order valence-corrected chi connectivity index (χ3v) is 6.71. The van der Waals surface area contributed by atoms with Crippen molar-refractivity contribution in [2.24, 2.45) is 11.3 Å². The first-order valence-corrected chi connectivity index (χ1v) is 10.3.